The fourth-order valence-corrected chi connectivity index (χ4v) is 2.11. The highest BCUT2D eigenvalue weighted by molar-refractivity contribution is 5.74. The Hall–Kier alpha value is -2.34. The molecule has 0 aliphatic rings. The second-order valence-corrected chi connectivity index (χ2v) is 5.09. The zero-order chi connectivity index (χ0) is 15.8. The smallest absolute Gasteiger partial charge is 0.317 e. The highest BCUT2D eigenvalue weighted by Gasteiger charge is 2.17. The number of methoxy groups -OCH3 is 1. The van der Waals surface area contributed by atoms with Gasteiger partial charge in [-0.05, 0) is 5.56 Å². The third-order valence-electron chi connectivity index (χ3n) is 3.43. The van der Waals surface area contributed by atoms with Crippen molar-refractivity contribution < 1.29 is 9.53 Å². The molecule has 1 aromatic heterocycles. The maximum atomic E-state index is 12.3. The molecule has 0 aliphatic carbocycles. The van der Waals surface area contributed by atoms with Crippen LogP contribution in [0.4, 0.5) is 4.79 Å². The van der Waals surface area contributed by atoms with E-state index in [1.807, 2.05) is 41.1 Å². The molecule has 0 saturated carbocycles. The number of rotatable bonds is 7. The summed E-state index contributed by atoms with van der Waals surface area (Å²) in [5, 5.41) is 3.06. The van der Waals surface area contributed by atoms with Gasteiger partial charge < -0.3 is 19.5 Å². The molecule has 1 N–H and O–H groups in total. The van der Waals surface area contributed by atoms with Gasteiger partial charge in [0, 0.05) is 39.6 Å². The van der Waals surface area contributed by atoms with Crippen molar-refractivity contribution >= 4 is 6.03 Å². The molecule has 1 atom stereocenters. The van der Waals surface area contributed by atoms with Gasteiger partial charge in [-0.2, -0.15) is 0 Å². The number of amides is 2. The molecule has 0 aliphatic heterocycles. The van der Waals surface area contributed by atoms with Crippen molar-refractivity contribution in [3.8, 4) is 0 Å². The lowest BCUT2D eigenvalue weighted by Gasteiger charge is -2.24. The first-order valence-electron chi connectivity index (χ1n) is 7.22. The molecule has 2 rings (SSSR count). The summed E-state index contributed by atoms with van der Waals surface area (Å²) in [5.41, 5.74) is 1.06. The quantitative estimate of drug-likeness (QED) is 0.850. The third kappa shape index (κ3) is 4.60. The number of nitrogens with one attached hydrogen (secondary N) is 1. The standard InChI is InChI=1S/C16H22N4O2/c1-19(10-11-22-2)16(21)18-15(12-20-9-8-17-13-20)14-6-4-3-5-7-14/h3-9,13,15H,10-12H2,1-2H3,(H,18,21)/t15-/m1/s1. The molecule has 2 amide bonds. The lowest BCUT2D eigenvalue weighted by Crippen LogP contribution is -2.41. The average Bonchev–Trinajstić information content (AvgIpc) is 3.05. The zero-order valence-electron chi connectivity index (χ0n) is 13.0. The van der Waals surface area contributed by atoms with Crippen molar-refractivity contribution in [1.29, 1.82) is 0 Å². The minimum Gasteiger partial charge on any atom is -0.383 e. The maximum Gasteiger partial charge on any atom is 0.317 e. The summed E-state index contributed by atoms with van der Waals surface area (Å²) in [6, 6.07) is 9.69. The van der Waals surface area contributed by atoms with Gasteiger partial charge in [0.15, 0.2) is 0 Å². The second kappa shape index (κ2) is 8.19. The van der Waals surface area contributed by atoms with Crippen LogP contribution in [0.25, 0.3) is 0 Å². The van der Waals surface area contributed by atoms with Gasteiger partial charge in [0.1, 0.15) is 0 Å². The molecule has 0 unspecified atom stereocenters. The normalized spacial score (nSPS) is 11.9. The van der Waals surface area contributed by atoms with E-state index in [4.69, 9.17) is 4.74 Å². The predicted octanol–water partition coefficient (Wildman–Crippen LogP) is 1.91. The molecule has 0 saturated heterocycles. The van der Waals surface area contributed by atoms with Crippen LogP contribution in [-0.2, 0) is 11.3 Å². The number of imidazole rings is 1. The summed E-state index contributed by atoms with van der Waals surface area (Å²) in [6.45, 7) is 1.70. The van der Waals surface area contributed by atoms with Gasteiger partial charge in [-0.25, -0.2) is 9.78 Å². The van der Waals surface area contributed by atoms with E-state index in [1.165, 1.54) is 0 Å². The van der Waals surface area contributed by atoms with E-state index in [1.54, 1.807) is 31.6 Å². The van der Waals surface area contributed by atoms with Crippen LogP contribution in [0.15, 0.2) is 49.1 Å². The number of urea groups is 1. The summed E-state index contributed by atoms with van der Waals surface area (Å²) in [5.74, 6) is 0. The fraction of sp³-hybridized carbons (Fsp3) is 0.375. The zero-order valence-corrected chi connectivity index (χ0v) is 13.0. The minimum absolute atomic E-state index is 0.118. The van der Waals surface area contributed by atoms with Crippen molar-refractivity contribution in [2.24, 2.45) is 0 Å². The molecular formula is C16H22N4O2. The van der Waals surface area contributed by atoms with Gasteiger partial charge in [0.25, 0.3) is 0 Å². The highest BCUT2D eigenvalue weighted by Crippen LogP contribution is 2.15. The van der Waals surface area contributed by atoms with E-state index in [2.05, 4.69) is 10.3 Å². The molecule has 1 aromatic carbocycles. The third-order valence-corrected chi connectivity index (χ3v) is 3.43. The molecule has 1 heterocycles. The van der Waals surface area contributed by atoms with Crippen molar-refractivity contribution in [2.75, 3.05) is 27.3 Å². The largest absolute Gasteiger partial charge is 0.383 e. The SMILES string of the molecule is COCCN(C)C(=O)N[C@H](Cn1ccnc1)c1ccccc1. The summed E-state index contributed by atoms with van der Waals surface area (Å²) in [7, 11) is 3.38. The van der Waals surface area contributed by atoms with Gasteiger partial charge in [-0.1, -0.05) is 30.3 Å². The summed E-state index contributed by atoms with van der Waals surface area (Å²) in [6.07, 6.45) is 5.36. The number of ether oxygens (including phenoxy) is 1. The monoisotopic (exact) mass is 302 g/mol. The van der Waals surface area contributed by atoms with Gasteiger partial charge in [0.05, 0.1) is 19.0 Å². The number of aromatic nitrogens is 2. The lowest BCUT2D eigenvalue weighted by atomic mass is 10.1. The Morgan fingerprint density at radius 1 is 1.41 bits per heavy atom. The highest BCUT2D eigenvalue weighted by atomic mass is 16.5. The van der Waals surface area contributed by atoms with Crippen molar-refractivity contribution in [2.45, 2.75) is 12.6 Å². The Bertz CT molecular complexity index is 557. The average molecular weight is 302 g/mol. The molecule has 0 fully saturated rings. The molecule has 0 radical (unpaired) electrons. The minimum atomic E-state index is -0.119. The van der Waals surface area contributed by atoms with Crippen LogP contribution in [0.5, 0.6) is 0 Å². The molecule has 22 heavy (non-hydrogen) atoms. The Kier molecular flexibility index (Phi) is 5.97. The number of benzene rings is 1. The van der Waals surface area contributed by atoms with Crippen LogP contribution in [0.1, 0.15) is 11.6 Å². The van der Waals surface area contributed by atoms with Crippen molar-refractivity contribution in [3.63, 3.8) is 0 Å². The Morgan fingerprint density at radius 2 is 2.18 bits per heavy atom. The first kappa shape index (κ1) is 16.0. The van der Waals surface area contributed by atoms with E-state index >= 15 is 0 Å². The van der Waals surface area contributed by atoms with E-state index < -0.39 is 0 Å². The van der Waals surface area contributed by atoms with E-state index in [0.29, 0.717) is 19.7 Å². The summed E-state index contributed by atoms with van der Waals surface area (Å²) in [4.78, 5) is 18.0. The van der Waals surface area contributed by atoms with Crippen molar-refractivity contribution in [3.05, 3.63) is 54.6 Å². The first-order valence-corrected chi connectivity index (χ1v) is 7.22. The molecule has 2 aromatic rings. The lowest BCUT2D eigenvalue weighted by molar-refractivity contribution is 0.157. The second-order valence-electron chi connectivity index (χ2n) is 5.09. The van der Waals surface area contributed by atoms with Crippen LogP contribution >= 0.6 is 0 Å². The molecule has 0 bridgehead atoms. The van der Waals surface area contributed by atoms with Gasteiger partial charge in [-0.15, -0.1) is 0 Å². The molecule has 6 nitrogen and oxygen atoms in total. The Balaban J connectivity index is 2.06. The predicted molar refractivity (Wildman–Crippen MR) is 84.4 cm³/mol. The van der Waals surface area contributed by atoms with E-state index in [9.17, 15) is 4.79 Å². The van der Waals surface area contributed by atoms with Crippen LogP contribution in [0, 0.1) is 0 Å². The molecule has 6 heteroatoms. The van der Waals surface area contributed by atoms with Gasteiger partial charge in [-0.3, -0.25) is 0 Å². The topological polar surface area (TPSA) is 59.4 Å². The van der Waals surface area contributed by atoms with Crippen LogP contribution < -0.4 is 5.32 Å². The number of likely N-dealkylation sites (N-methyl/N-ethyl adjacent to an activating group) is 1. The van der Waals surface area contributed by atoms with Crippen LogP contribution in [0.3, 0.4) is 0 Å². The van der Waals surface area contributed by atoms with Crippen LogP contribution in [-0.4, -0.2) is 47.8 Å². The number of hydrogen-bond donors (Lipinski definition) is 1. The number of nitrogens with zero attached hydrogens (tertiary/aromatic N) is 3. The Morgan fingerprint density at radius 3 is 2.82 bits per heavy atom. The van der Waals surface area contributed by atoms with Crippen molar-refractivity contribution in [1.82, 2.24) is 19.8 Å². The molecular weight excluding hydrogens is 280 g/mol. The fourth-order valence-electron chi connectivity index (χ4n) is 2.11. The molecule has 118 valence electrons. The summed E-state index contributed by atoms with van der Waals surface area (Å²) < 4.78 is 6.95. The van der Waals surface area contributed by atoms with E-state index in [0.717, 1.165) is 5.56 Å². The van der Waals surface area contributed by atoms with Gasteiger partial charge in [0.2, 0.25) is 0 Å². The van der Waals surface area contributed by atoms with Crippen LogP contribution in [0.2, 0.25) is 0 Å². The number of hydrogen-bond acceptors (Lipinski definition) is 3. The van der Waals surface area contributed by atoms with Gasteiger partial charge >= 0.3 is 6.03 Å². The molecule has 0 spiro atoms. The maximum absolute atomic E-state index is 12.3. The Labute approximate surface area is 130 Å². The van der Waals surface area contributed by atoms with E-state index in [-0.39, 0.29) is 12.1 Å². The summed E-state index contributed by atoms with van der Waals surface area (Å²) >= 11 is 0. The number of carbonyl (C=O) groups is 1. The first-order chi connectivity index (χ1) is 10.7. The number of carbonyl (C=O) groups excluding carboxylic acids is 1.